The SMILES string of the molecule is CC(=O)c1c(C)n(C)c2cc3c(cc12)CN(Cc1ccccc1)C3. The van der Waals surface area contributed by atoms with E-state index in [0.717, 1.165) is 41.8 Å². The van der Waals surface area contributed by atoms with E-state index in [4.69, 9.17) is 0 Å². The minimum absolute atomic E-state index is 0.150. The fourth-order valence-electron chi connectivity index (χ4n) is 3.93. The zero-order chi connectivity index (χ0) is 16.8. The third-order valence-corrected chi connectivity index (χ3v) is 5.20. The van der Waals surface area contributed by atoms with Crippen LogP contribution in [-0.4, -0.2) is 15.3 Å². The molecule has 3 heteroatoms. The first-order chi connectivity index (χ1) is 11.5. The third-order valence-electron chi connectivity index (χ3n) is 5.20. The summed E-state index contributed by atoms with van der Waals surface area (Å²) in [5.74, 6) is 0.150. The molecule has 0 N–H and O–H groups in total. The van der Waals surface area contributed by atoms with Crippen LogP contribution in [0.1, 0.15) is 39.7 Å². The molecule has 24 heavy (non-hydrogen) atoms. The molecule has 3 nitrogen and oxygen atoms in total. The van der Waals surface area contributed by atoms with Crippen molar-refractivity contribution in [2.75, 3.05) is 0 Å². The predicted molar refractivity (Wildman–Crippen MR) is 97.1 cm³/mol. The Labute approximate surface area is 142 Å². The minimum atomic E-state index is 0.150. The molecular formula is C21H22N2O. The summed E-state index contributed by atoms with van der Waals surface area (Å²) in [7, 11) is 2.05. The van der Waals surface area contributed by atoms with E-state index in [9.17, 15) is 4.79 Å². The van der Waals surface area contributed by atoms with Crippen LogP contribution in [0.15, 0.2) is 42.5 Å². The smallest absolute Gasteiger partial charge is 0.162 e. The van der Waals surface area contributed by atoms with E-state index in [1.807, 2.05) is 14.0 Å². The van der Waals surface area contributed by atoms with Crippen LogP contribution in [0, 0.1) is 6.92 Å². The number of aromatic nitrogens is 1. The van der Waals surface area contributed by atoms with E-state index in [0.29, 0.717) is 0 Å². The maximum absolute atomic E-state index is 12.1. The van der Waals surface area contributed by atoms with Crippen molar-refractivity contribution in [2.45, 2.75) is 33.5 Å². The van der Waals surface area contributed by atoms with Gasteiger partial charge in [-0.15, -0.1) is 0 Å². The molecule has 1 aliphatic rings. The molecule has 0 spiro atoms. The highest BCUT2D eigenvalue weighted by molar-refractivity contribution is 6.08. The standard InChI is InChI=1S/C21H22N2O/c1-14-21(15(2)24)19-9-17-12-23(11-16-7-5-4-6-8-16)13-18(17)10-20(19)22(14)3/h4-10H,11-13H2,1-3H3. The van der Waals surface area contributed by atoms with E-state index in [1.54, 1.807) is 6.92 Å². The number of Topliss-reactive ketones (excluding diaryl/α,β-unsaturated/α-hetero) is 1. The van der Waals surface area contributed by atoms with Crippen LogP contribution in [-0.2, 0) is 26.7 Å². The quantitative estimate of drug-likeness (QED) is 0.676. The number of rotatable bonds is 3. The summed E-state index contributed by atoms with van der Waals surface area (Å²) in [6.45, 7) is 6.58. The second-order valence-electron chi connectivity index (χ2n) is 6.84. The Morgan fingerprint density at radius 1 is 1.08 bits per heavy atom. The number of nitrogens with zero attached hydrogens (tertiary/aromatic N) is 2. The molecule has 0 bridgehead atoms. The Balaban J connectivity index is 1.71. The summed E-state index contributed by atoms with van der Waals surface area (Å²) in [6, 6.07) is 15.1. The summed E-state index contributed by atoms with van der Waals surface area (Å²) in [4.78, 5) is 14.5. The Morgan fingerprint density at radius 3 is 2.42 bits per heavy atom. The van der Waals surface area contributed by atoms with Crippen molar-refractivity contribution in [2.24, 2.45) is 7.05 Å². The number of benzene rings is 2. The van der Waals surface area contributed by atoms with Gasteiger partial charge in [0.15, 0.2) is 5.78 Å². The molecule has 0 amide bonds. The van der Waals surface area contributed by atoms with Gasteiger partial charge in [0.2, 0.25) is 0 Å². The average Bonchev–Trinajstić information content (AvgIpc) is 3.05. The first-order valence-electron chi connectivity index (χ1n) is 8.42. The number of fused-ring (bicyclic) bond motifs is 2. The predicted octanol–water partition coefficient (Wildman–Crippen LogP) is 4.21. The van der Waals surface area contributed by atoms with Gasteiger partial charge in [0, 0.05) is 48.8 Å². The number of hydrogen-bond acceptors (Lipinski definition) is 2. The highest BCUT2D eigenvalue weighted by Crippen LogP contribution is 2.33. The first-order valence-corrected chi connectivity index (χ1v) is 8.42. The van der Waals surface area contributed by atoms with Crippen LogP contribution in [0.2, 0.25) is 0 Å². The topological polar surface area (TPSA) is 25.2 Å². The largest absolute Gasteiger partial charge is 0.347 e. The minimum Gasteiger partial charge on any atom is -0.347 e. The van der Waals surface area contributed by atoms with Crippen LogP contribution in [0.5, 0.6) is 0 Å². The van der Waals surface area contributed by atoms with Gasteiger partial charge in [-0.05, 0) is 42.7 Å². The highest BCUT2D eigenvalue weighted by atomic mass is 16.1. The Bertz CT molecular complexity index is 938. The van der Waals surface area contributed by atoms with Crippen molar-refractivity contribution in [1.29, 1.82) is 0 Å². The van der Waals surface area contributed by atoms with Gasteiger partial charge >= 0.3 is 0 Å². The lowest BCUT2D eigenvalue weighted by Crippen LogP contribution is -2.15. The van der Waals surface area contributed by atoms with Crippen LogP contribution in [0.4, 0.5) is 0 Å². The zero-order valence-corrected chi connectivity index (χ0v) is 14.5. The second kappa shape index (κ2) is 5.60. The van der Waals surface area contributed by atoms with Crippen LogP contribution in [0.3, 0.4) is 0 Å². The monoisotopic (exact) mass is 318 g/mol. The van der Waals surface area contributed by atoms with E-state index >= 15 is 0 Å². The van der Waals surface area contributed by atoms with E-state index in [2.05, 4.69) is 51.9 Å². The summed E-state index contributed by atoms with van der Waals surface area (Å²) in [6.07, 6.45) is 0. The molecule has 3 aromatic rings. The van der Waals surface area contributed by atoms with E-state index < -0.39 is 0 Å². The molecule has 1 aliphatic heterocycles. The van der Waals surface area contributed by atoms with Crippen molar-refractivity contribution >= 4 is 16.7 Å². The lowest BCUT2D eigenvalue weighted by atomic mass is 10.0. The summed E-state index contributed by atoms with van der Waals surface area (Å²) < 4.78 is 2.15. The molecule has 2 heterocycles. The normalized spacial score (nSPS) is 14.3. The Kier molecular flexibility index (Phi) is 3.54. The fourth-order valence-corrected chi connectivity index (χ4v) is 3.93. The number of aryl methyl sites for hydroxylation is 1. The lowest BCUT2D eigenvalue weighted by Gasteiger charge is -2.14. The summed E-state index contributed by atoms with van der Waals surface area (Å²) >= 11 is 0. The number of ketones is 1. The average molecular weight is 318 g/mol. The molecule has 0 saturated heterocycles. The molecule has 0 aliphatic carbocycles. The van der Waals surface area contributed by atoms with Gasteiger partial charge in [0.25, 0.3) is 0 Å². The molecule has 1 aromatic heterocycles. The second-order valence-corrected chi connectivity index (χ2v) is 6.84. The molecular weight excluding hydrogens is 296 g/mol. The molecule has 0 fully saturated rings. The number of carbonyl (C=O) groups is 1. The molecule has 122 valence electrons. The van der Waals surface area contributed by atoms with Gasteiger partial charge < -0.3 is 4.57 Å². The lowest BCUT2D eigenvalue weighted by molar-refractivity contribution is 0.101. The maximum Gasteiger partial charge on any atom is 0.162 e. The molecule has 0 saturated carbocycles. The molecule has 0 unspecified atom stereocenters. The summed E-state index contributed by atoms with van der Waals surface area (Å²) in [5, 5.41) is 1.10. The molecule has 4 rings (SSSR count). The van der Waals surface area contributed by atoms with Crippen molar-refractivity contribution in [1.82, 2.24) is 9.47 Å². The summed E-state index contributed by atoms with van der Waals surface area (Å²) in [5.41, 5.74) is 7.17. The van der Waals surface area contributed by atoms with Crippen LogP contribution < -0.4 is 0 Å². The third kappa shape index (κ3) is 2.36. The number of carbonyl (C=O) groups excluding carboxylic acids is 1. The van der Waals surface area contributed by atoms with Crippen molar-refractivity contribution < 1.29 is 4.79 Å². The van der Waals surface area contributed by atoms with Gasteiger partial charge in [-0.2, -0.15) is 0 Å². The van der Waals surface area contributed by atoms with Crippen LogP contribution in [0.25, 0.3) is 10.9 Å². The maximum atomic E-state index is 12.1. The van der Waals surface area contributed by atoms with Crippen molar-refractivity contribution in [3.05, 3.63) is 70.4 Å². The van der Waals surface area contributed by atoms with Crippen molar-refractivity contribution in [3.8, 4) is 0 Å². The molecule has 0 radical (unpaired) electrons. The van der Waals surface area contributed by atoms with Crippen molar-refractivity contribution in [3.63, 3.8) is 0 Å². The van der Waals surface area contributed by atoms with E-state index in [1.165, 1.54) is 16.7 Å². The molecule has 2 aromatic carbocycles. The Hall–Kier alpha value is -2.39. The first kappa shape index (κ1) is 15.2. The number of hydrogen-bond donors (Lipinski definition) is 0. The van der Waals surface area contributed by atoms with Gasteiger partial charge in [0.05, 0.1) is 0 Å². The van der Waals surface area contributed by atoms with E-state index in [-0.39, 0.29) is 5.78 Å². The van der Waals surface area contributed by atoms with Gasteiger partial charge in [-0.3, -0.25) is 9.69 Å². The van der Waals surface area contributed by atoms with Crippen LogP contribution >= 0.6 is 0 Å². The van der Waals surface area contributed by atoms with Gasteiger partial charge in [-0.1, -0.05) is 30.3 Å². The Morgan fingerprint density at radius 2 is 1.75 bits per heavy atom. The highest BCUT2D eigenvalue weighted by Gasteiger charge is 2.23. The molecule has 0 atom stereocenters. The van der Waals surface area contributed by atoms with Gasteiger partial charge in [-0.25, -0.2) is 0 Å². The van der Waals surface area contributed by atoms with Gasteiger partial charge in [0.1, 0.15) is 0 Å². The fraction of sp³-hybridized carbons (Fsp3) is 0.286. The zero-order valence-electron chi connectivity index (χ0n) is 14.5.